The largest absolute Gasteiger partial charge is 0.507 e. The number of phenols is 1. The number of phenolic OH excluding ortho intramolecular Hbond substituents is 1. The topological polar surface area (TPSA) is 114 Å². The normalized spacial score (nSPS) is 10.7. The Bertz CT molecular complexity index is 2050. The van der Waals surface area contributed by atoms with Crippen molar-refractivity contribution in [3.05, 3.63) is 89.4 Å². The molecule has 4 aromatic carbocycles. The lowest BCUT2D eigenvalue weighted by Gasteiger charge is -2.16. The molecule has 6 aromatic rings. The molecule has 234 valence electrons. The van der Waals surface area contributed by atoms with Gasteiger partial charge in [0.25, 0.3) is 0 Å². The van der Waals surface area contributed by atoms with Crippen molar-refractivity contribution in [3.8, 4) is 40.0 Å². The Morgan fingerprint density at radius 3 is 1.85 bits per heavy atom. The van der Waals surface area contributed by atoms with Crippen LogP contribution in [0, 0.1) is 0 Å². The van der Waals surface area contributed by atoms with Gasteiger partial charge in [-0.05, 0) is 60.7 Å². The van der Waals surface area contributed by atoms with E-state index in [1.807, 2.05) is 98.7 Å². The number of para-hydroxylation sites is 2. The van der Waals surface area contributed by atoms with Crippen molar-refractivity contribution in [2.75, 3.05) is 45.1 Å². The highest BCUT2D eigenvalue weighted by Gasteiger charge is 2.16. The number of rotatable bonds is 6. The first-order chi connectivity index (χ1) is 22.0. The van der Waals surface area contributed by atoms with Gasteiger partial charge in [-0.2, -0.15) is 0 Å². The summed E-state index contributed by atoms with van der Waals surface area (Å²) in [5.41, 5.74) is 2.92. The predicted molar refractivity (Wildman–Crippen MR) is 186 cm³/mol. The summed E-state index contributed by atoms with van der Waals surface area (Å²) in [6, 6.07) is 25.9. The average molecular weight is 682 g/mol. The van der Waals surface area contributed by atoms with Gasteiger partial charge >= 0.3 is 5.97 Å². The van der Waals surface area contributed by atoms with Gasteiger partial charge in [0.1, 0.15) is 28.9 Å². The number of anilines is 2. The number of nitrogens with zero attached hydrogens (tertiary/aromatic N) is 6. The van der Waals surface area contributed by atoms with Gasteiger partial charge in [0.15, 0.2) is 11.6 Å². The first kappa shape index (κ1) is 32.1. The first-order valence-electron chi connectivity index (χ1n) is 14.3. The van der Waals surface area contributed by atoms with Gasteiger partial charge in [-0.25, -0.2) is 19.9 Å². The van der Waals surface area contributed by atoms with E-state index in [0.29, 0.717) is 28.5 Å². The minimum absolute atomic E-state index is 0.167. The number of hydrogen-bond acceptors (Lipinski definition) is 10. The summed E-state index contributed by atoms with van der Waals surface area (Å²) >= 11 is 3.49. The Morgan fingerprint density at radius 2 is 1.26 bits per heavy atom. The third kappa shape index (κ3) is 7.00. The van der Waals surface area contributed by atoms with Gasteiger partial charge in [0.2, 0.25) is 0 Å². The summed E-state index contributed by atoms with van der Waals surface area (Å²) < 4.78 is 11.5. The van der Waals surface area contributed by atoms with Gasteiger partial charge in [-0.1, -0.05) is 40.2 Å². The molecule has 0 spiro atoms. The number of ether oxygens (including phenoxy) is 2. The number of carbonyl (C=O) groups is 1. The molecule has 0 aliphatic heterocycles. The van der Waals surface area contributed by atoms with Crippen LogP contribution in [0.25, 0.3) is 44.6 Å². The van der Waals surface area contributed by atoms with Crippen molar-refractivity contribution >= 4 is 55.3 Å². The van der Waals surface area contributed by atoms with E-state index in [9.17, 15) is 9.90 Å². The zero-order valence-corrected chi connectivity index (χ0v) is 27.9. The number of benzene rings is 4. The quantitative estimate of drug-likeness (QED) is 0.144. The fourth-order valence-electron chi connectivity index (χ4n) is 4.78. The maximum Gasteiger partial charge on any atom is 0.308 e. The minimum Gasteiger partial charge on any atom is -0.507 e. The highest BCUT2D eigenvalue weighted by Crippen LogP contribution is 2.34. The Labute approximate surface area is 275 Å². The number of aromatic hydroxyl groups is 1. The molecule has 0 aliphatic rings. The van der Waals surface area contributed by atoms with Gasteiger partial charge in [-0.15, -0.1) is 0 Å². The van der Waals surface area contributed by atoms with Crippen LogP contribution < -0.4 is 19.3 Å². The number of hydrogen-bond donors (Lipinski definition) is 1. The van der Waals surface area contributed by atoms with Gasteiger partial charge in [-0.3, -0.25) is 4.79 Å². The SMILES string of the molecule is CC(=O)Oc1ccccc1-c1nc(N(C)C)c2cc(Br)ccc2n1.COc1ccc2nc(-c3ccccc3O)nc(N(C)C)c2c1. The number of fused-ring (bicyclic) bond motifs is 2. The lowest BCUT2D eigenvalue weighted by atomic mass is 10.1. The van der Waals surface area contributed by atoms with Gasteiger partial charge in [0, 0.05) is 50.4 Å². The van der Waals surface area contributed by atoms with Crippen molar-refractivity contribution in [3.63, 3.8) is 0 Å². The highest BCUT2D eigenvalue weighted by molar-refractivity contribution is 9.10. The Hall–Kier alpha value is -5.29. The lowest BCUT2D eigenvalue weighted by Crippen LogP contribution is -2.12. The molecule has 0 atom stereocenters. The van der Waals surface area contributed by atoms with Crippen LogP contribution in [-0.4, -0.2) is 66.3 Å². The van der Waals surface area contributed by atoms with Crippen LogP contribution in [0.1, 0.15) is 6.92 Å². The summed E-state index contributed by atoms with van der Waals surface area (Å²) in [5, 5.41) is 11.9. The molecule has 46 heavy (non-hydrogen) atoms. The number of carbonyl (C=O) groups excluding carboxylic acids is 1. The molecule has 0 radical (unpaired) electrons. The third-order valence-corrected chi connectivity index (χ3v) is 7.39. The second kappa shape index (κ2) is 13.8. The smallest absolute Gasteiger partial charge is 0.308 e. The molecule has 1 N–H and O–H groups in total. The summed E-state index contributed by atoms with van der Waals surface area (Å²) in [7, 11) is 9.36. The maximum atomic E-state index is 11.3. The van der Waals surface area contributed by atoms with Crippen molar-refractivity contribution in [2.24, 2.45) is 0 Å². The molecule has 0 unspecified atom stereocenters. The van der Waals surface area contributed by atoms with Crippen LogP contribution in [0.4, 0.5) is 11.6 Å². The third-order valence-electron chi connectivity index (χ3n) is 6.89. The number of halogens is 1. The van der Waals surface area contributed by atoms with Crippen molar-refractivity contribution in [1.82, 2.24) is 19.9 Å². The van der Waals surface area contributed by atoms with Gasteiger partial charge in [0.05, 0.1) is 29.3 Å². The second-order valence-electron chi connectivity index (χ2n) is 10.7. The standard InChI is InChI=1S/C18H16BrN3O2.C17H17N3O2/c1-11(23)24-16-7-5-4-6-13(16)17-20-15-9-8-12(19)10-14(15)18(21-17)22(2)3;1-20(2)17-13-10-11(22-3)8-9-14(13)18-16(19-17)12-6-4-5-7-15(12)21/h4-10H,1-3H3;4-10,21H,1-3H3. The molecule has 6 rings (SSSR count). The van der Waals surface area contributed by atoms with Crippen molar-refractivity contribution in [1.29, 1.82) is 0 Å². The van der Waals surface area contributed by atoms with Crippen LogP contribution in [0.5, 0.6) is 17.2 Å². The molecule has 10 nitrogen and oxygen atoms in total. The fourth-order valence-corrected chi connectivity index (χ4v) is 5.14. The van der Waals surface area contributed by atoms with Crippen LogP contribution in [0.2, 0.25) is 0 Å². The Kier molecular flexibility index (Phi) is 9.62. The predicted octanol–water partition coefficient (Wildman–Crippen LogP) is 7.13. The van der Waals surface area contributed by atoms with E-state index in [0.717, 1.165) is 43.7 Å². The van der Waals surface area contributed by atoms with E-state index in [4.69, 9.17) is 9.47 Å². The molecular formula is C35H33BrN6O4. The van der Waals surface area contributed by atoms with E-state index in [1.54, 1.807) is 31.4 Å². The lowest BCUT2D eigenvalue weighted by molar-refractivity contribution is -0.131. The van der Waals surface area contributed by atoms with Gasteiger partial charge < -0.3 is 24.4 Å². The van der Waals surface area contributed by atoms with E-state index < -0.39 is 0 Å². The highest BCUT2D eigenvalue weighted by atomic mass is 79.9. The van der Waals surface area contributed by atoms with E-state index in [2.05, 4.69) is 35.9 Å². The minimum atomic E-state index is -0.375. The zero-order chi connectivity index (χ0) is 33.0. The second-order valence-corrected chi connectivity index (χ2v) is 11.6. The molecule has 0 saturated carbocycles. The summed E-state index contributed by atoms with van der Waals surface area (Å²) in [6.07, 6.45) is 0. The average Bonchev–Trinajstić information content (AvgIpc) is 3.04. The molecule has 2 aromatic heterocycles. The van der Waals surface area contributed by atoms with Crippen molar-refractivity contribution < 1.29 is 19.4 Å². The first-order valence-corrected chi connectivity index (χ1v) is 15.1. The van der Waals surface area contributed by atoms with E-state index in [1.165, 1.54) is 6.92 Å². The molecule has 0 aliphatic carbocycles. The summed E-state index contributed by atoms with van der Waals surface area (Å²) in [5.74, 6) is 3.60. The maximum absolute atomic E-state index is 11.3. The molecule has 0 fully saturated rings. The van der Waals surface area contributed by atoms with E-state index >= 15 is 0 Å². The number of esters is 1. The Morgan fingerprint density at radius 1 is 0.717 bits per heavy atom. The molecule has 0 bridgehead atoms. The van der Waals surface area contributed by atoms with Crippen LogP contribution in [-0.2, 0) is 4.79 Å². The van der Waals surface area contributed by atoms with Crippen LogP contribution >= 0.6 is 15.9 Å². The monoisotopic (exact) mass is 680 g/mol. The number of methoxy groups -OCH3 is 1. The zero-order valence-electron chi connectivity index (χ0n) is 26.3. The van der Waals surface area contributed by atoms with Crippen molar-refractivity contribution in [2.45, 2.75) is 6.92 Å². The molecule has 0 saturated heterocycles. The summed E-state index contributed by atoms with van der Waals surface area (Å²) in [6.45, 7) is 1.38. The van der Waals surface area contributed by atoms with Crippen LogP contribution in [0.3, 0.4) is 0 Å². The molecule has 11 heteroatoms. The number of aromatic nitrogens is 4. The molecule has 0 amide bonds. The van der Waals surface area contributed by atoms with Crippen LogP contribution in [0.15, 0.2) is 89.4 Å². The van der Waals surface area contributed by atoms with E-state index in [-0.39, 0.29) is 11.7 Å². The summed E-state index contributed by atoms with van der Waals surface area (Å²) in [4.78, 5) is 33.7. The fraction of sp³-hybridized carbons (Fsp3) is 0.171. The molecule has 2 heterocycles. The Balaban J connectivity index is 0.000000182. The molecular weight excluding hydrogens is 648 g/mol.